The third-order valence-corrected chi connectivity index (χ3v) is 4.95. The molecule has 1 amide bonds. The second kappa shape index (κ2) is 7.41. The Morgan fingerprint density at radius 3 is 2.35 bits per heavy atom. The van der Waals surface area contributed by atoms with E-state index in [0.717, 1.165) is 15.6 Å². The highest BCUT2D eigenvalue weighted by Crippen LogP contribution is 2.38. The zero-order chi connectivity index (χ0) is 18.8. The molecule has 1 heterocycles. The van der Waals surface area contributed by atoms with Crippen LogP contribution in [0.25, 0.3) is 0 Å². The molecule has 1 N–H and O–H groups in total. The molecule has 0 radical (unpaired) electrons. The van der Waals surface area contributed by atoms with Crippen molar-refractivity contribution in [2.45, 2.75) is 19.4 Å². The number of rotatable bonds is 5. The van der Waals surface area contributed by atoms with E-state index in [0.29, 0.717) is 13.0 Å². The molecule has 6 heteroatoms. The minimum absolute atomic E-state index is 0.108. The number of carbonyl (C=O) groups is 2. The quantitative estimate of drug-likeness (QED) is 0.795. The summed E-state index contributed by atoms with van der Waals surface area (Å²) in [6.45, 7) is 1.64. The van der Waals surface area contributed by atoms with Crippen molar-refractivity contribution in [1.82, 2.24) is 4.90 Å². The number of benzene rings is 2. The van der Waals surface area contributed by atoms with Crippen LogP contribution in [-0.4, -0.2) is 28.2 Å². The van der Waals surface area contributed by atoms with Crippen molar-refractivity contribution in [3.8, 4) is 0 Å². The Bertz CT molecular complexity index is 875. The van der Waals surface area contributed by atoms with Crippen LogP contribution in [0.5, 0.6) is 0 Å². The lowest BCUT2D eigenvalue weighted by molar-refractivity contribution is -0.129. The van der Waals surface area contributed by atoms with Gasteiger partial charge >= 0.3 is 0 Å². The Balaban J connectivity index is 1.91. The number of aliphatic hydroxyl groups excluding tert-OH is 1. The topological polar surface area (TPSA) is 57.6 Å². The number of hydrogen-bond donors (Lipinski definition) is 1. The molecule has 2 aromatic carbocycles. The molecule has 1 atom stereocenters. The molecule has 0 fully saturated rings. The van der Waals surface area contributed by atoms with E-state index in [4.69, 9.17) is 0 Å². The van der Waals surface area contributed by atoms with Gasteiger partial charge in [0.15, 0.2) is 11.5 Å². The predicted octanol–water partition coefficient (Wildman–Crippen LogP) is 4.12. The molecule has 1 unspecified atom stereocenters. The van der Waals surface area contributed by atoms with Crippen molar-refractivity contribution in [2.24, 2.45) is 0 Å². The van der Waals surface area contributed by atoms with Crippen molar-refractivity contribution in [2.75, 3.05) is 6.54 Å². The van der Waals surface area contributed by atoms with Crippen LogP contribution >= 0.6 is 15.9 Å². The number of amides is 1. The maximum atomic E-state index is 13.1. The molecule has 26 heavy (non-hydrogen) atoms. The summed E-state index contributed by atoms with van der Waals surface area (Å²) in [5.41, 5.74) is 1.72. The fourth-order valence-electron chi connectivity index (χ4n) is 3.14. The van der Waals surface area contributed by atoms with Crippen molar-refractivity contribution >= 4 is 27.6 Å². The van der Waals surface area contributed by atoms with Crippen LogP contribution in [0.2, 0.25) is 0 Å². The minimum atomic E-state index is -0.631. The molecule has 4 nitrogen and oxygen atoms in total. The number of Topliss-reactive ketones (excluding diaryl/α,β-unsaturated/α-hetero) is 1. The lowest BCUT2D eigenvalue weighted by Gasteiger charge is -2.26. The van der Waals surface area contributed by atoms with E-state index in [1.807, 2.05) is 24.3 Å². The molecule has 0 saturated heterocycles. The average Bonchev–Trinajstić information content (AvgIpc) is 2.86. The number of ketones is 1. The first kappa shape index (κ1) is 18.3. The lowest BCUT2D eigenvalue weighted by Crippen LogP contribution is -2.32. The van der Waals surface area contributed by atoms with Crippen molar-refractivity contribution < 1.29 is 19.1 Å². The Morgan fingerprint density at radius 1 is 1.15 bits per heavy atom. The largest absolute Gasteiger partial charge is 0.503 e. The molecule has 0 aliphatic carbocycles. The molecule has 0 bridgehead atoms. The van der Waals surface area contributed by atoms with Gasteiger partial charge in [0.05, 0.1) is 11.6 Å². The third kappa shape index (κ3) is 3.55. The first-order chi connectivity index (χ1) is 12.4. The molecular formula is C20H17BrFNO3. The van der Waals surface area contributed by atoms with Crippen LogP contribution in [0.4, 0.5) is 4.39 Å². The SMILES string of the molecule is CC(=O)C1=C(O)C(=O)N(CCc2ccc(F)cc2)C1c1ccc(Br)cc1. The van der Waals surface area contributed by atoms with Crippen molar-refractivity contribution in [1.29, 1.82) is 0 Å². The molecular weight excluding hydrogens is 401 g/mol. The summed E-state index contributed by atoms with van der Waals surface area (Å²) in [7, 11) is 0. The molecule has 0 spiro atoms. The van der Waals surface area contributed by atoms with Gasteiger partial charge < -0.3 is 10.0 Å². The second-order valence-corrected chi connectivity index (χ2v) is 7.06. The van der Waals surface area contributed by atoms with Crippen LogP contribution in [0, 0.1) is 5.82 Å². The fraction of sp³-hybridized carbons (Fsp3) is 0.200. The summed E-state index contributed by atoms with van der Waals surface area (Å²) in [6, 6.07) is 12.7. The van der Waals surface area contributed by atoms with Crippen LogP contribution in [0.1, 0.15) is 24.1 Å². The van der Waals surface area contributed by atoms with Crippen molar-refractivity contribution in [3.05, 3.63) is 81.3 Å². The van der Waals surface area contributed by atoms with Crippen LogP contribution in [-0.2, 0) is 16.0 Å². The van der Waals surface area contributed by atoms with Gasteiger partial charge in [-0.2, -0.15) is 0 Å². The highest BCUT2D eigenvalue weighted by atomic mass is 79.9. The van der Waals surface area contributed by atoms with Crippen molar-refractivity contribution in [3.63, 3.8) is 0 Å². The maximum Gasteiger partial charge on any atom is 0.290 e. The Kier molecular flexibility index (Phi) is 5.23. The minimum Gasteiger partial charge on any atom is -0.503 e. The van der Waals surface area contributed by atoms with E-state index in [-0.39, 0.29) is 17.2 Å². The van der Waals surface area contributed by atoms with Gasteiger partial charge in [-0.25, -0.2) is 4.39 Å². The van der Waals surface area contributed by atoms with E-state index in [2.05, 4.69) is 15.9 Å². The van der Waals surface area contributed by atoms with E-state index in [9.17, 15) is 19.1 Å². The van der Waals surface area contributed by atoms with Gasteiger partial charge in [0.25, 0.3) is 5.91 Å². The Labute approximate surface area is 159 Å². The smallest absolute Gasteiger partial charge is 0.290 e. The highest BCUT2D eigenvalue weighted by Gasteiger charge is 2.41. The summed E-state index contributed by atoms with van der Waals surface area (Å²) >= 11 is 3.36. The first-order valence-corrected chi connectivity index (χ1v) is 8.92. The van der Waals surface area contributed by atoms with Gasteiger partial charge in [0.1, 0.15) is 5.82 Å². The van der Waals surface area contributed by atoms with Crippen LogP contribution in [0.3, 0.4) is 0 Å². The number of nitrogens with zero attached hydrogens (tertiary/aromatic N) is 1. The van der Waals surface area contributed by atoms with Gasteiger partial charge in [-0.05, 0) is 48.7 Å². The third-order valence-electron chi connectivity index (χ3n) is 4.42. The monoisotopic (exact) mass is 417 g/mol. The zero-order valence-electron chi connectivity index (χ0n) is 14.1. The van der Waals surface area contributed by atoms with E-state index < -0.39 is 17.7 Å². The summed E-state index contributed by atoms with van der Waals surface area (Å²) in [6.07, 6.45) is 0.484. The molecule has 134 valence electrons. The zero-order valence-corrected chi connectivity index (χ0v) is 15.7. The number of carbonyl (C=O) groups excluding carboxylic acids is 2. The van der Waals surface area contributed by atoms with Crippen LogP contribution in [0.15, 0.2) is 64.3 Å². The Hall–Kier alpha value is -2.47. The molecule has 3 rings (SSSR count). The molecule has 0 aromatic heterocycles. The number of halogens is 2. The Morgan fingerprint density at radius 2 is 1.77 bits per heavy atom. The van der Waals surface area contributed by atoms with Gasteiger partial charge in [-0.1, -0.05) is 40.2 Å². The average molecular weight is 418 g/mol. The molecule has 0 saturated carbocycles. The molecule has 1 aliphatic rings. The van der Waals surface area contributed by atoms with Crippen LogP contribution < -0.4 is 0 Å². The normalized spacial score (nSPS) is 17.1. The summed E-state index contributed by atoms with van der Waals surface area (Å²) in [5.74, 6) is -1.72. The first-order valence-electron chi connectivity index (χ1n) is 8.13. The lowest BCUT2D eigenvalue weighted by atomic mass is 9.96. The van der Waals surface area contributed by atoms with Gasteiger partial charge in [-0.3, -0.25) is 9.59 Å². The molecule has 2 aromatic rings. The van der Waals surface area contributed by atoms with Gasteiger partial charge in [0.2, 0.25) is 0 Å². The summed E-state index contributed by atoms with van der Waals surface area (Å²) in [4.78, 5) is 26.1. The standard InChI is InChI=1S/C20H17BrFNO3/c1-12(24)17-18(14-4-6-15(21)7-5-14)23(20(26)19(17)25)11-10-13-2-8-16(22)9-3-13/h2-9,18,25H,10-11H2,1H3. The summed E-state index contributed by atoms with van der Waals surface area (Å²) < 4.78 is 13.9. The maximum absolute atomic E-state index is 13.1. The van der Waals surface area contributed by atoms with E-state index in [1.54, 1.807) is 12.1 Å². The fourth-order valence-corrected chi connectivity index (χ4v) is 3.40. The predicted molar refractivity (Wildman–Crippen MR) is 99.0 cm³/mol. The highest BCUT2D eigenvalue weighted by molar-refractivity contribution is 9.10. The number of aliphatic hydroxyl groups is 1. The van der Waals surface area contributed by atoms with E-state index in [1.165, 1.54) is 24.0 Å². The van der Waals surface area contributed by atoms with E-state index >= 15 is 0 Å². The summed E-state index contributed by atoms with van der Waals surface area (Å²) in [5, 5.41) is 10.2. The molecule has 1 aliphatic heterocycles. The van der Waals surface area contributed by atoms with Gasteiger partial charge in [0, 0.05) is 11.0 Å². The van der Waals surface area contributed by atoms with Gasteiger partial charge in [-0.15, -0.1) is 0 Å². The second-order valence-electron chi connectivity index (χ2n) is 6.15. The number of hydrogen-bond acceptors (Lipinski definition) is 3.